The second-order valence-corrected chi connectivity index (χ2v) is 6.01. The van der Waals surface area contributed by atoms with Crippen LogP contribution in [-0.2, 0) is 0 Å². The molecule has 1 saturated heterocycles. The Balaban J connectivity index is 1.79. The Labute approximate surface area is 124 Å². The van der Waals surface area contributed by atoms with Gasteiger partial charge in [-0.25, -0.2) is 0 Å². The van der Waals surface area contributed by atoms with Gasteiger partial charge in [-0.1, -0.05) is 50.6 Å². The molecule has 1 atom stereocenters. The molecule has 20 heavy (non-hydrogen) atoms. The highest BCUT2D eigenvalue weighted by atomic mass is 15.1. The molecule has 112 valence electrons. The summed E-state index contributed by atoms with van der Waals surface area (Å²) in [5.41, 5.74) is 1.43. The van der Waals surface area contributed by atoms with E-state index in [-0.39, 0.29) is 0 Å². The summed E-state index contributed by atoms with van der Waals surface area (Å²) in [6.07, 6.45) is 6.42. The molecule has 0 amide bonds. The van der Waals surface area contributed by atoms with E-state index >= 15 is 0 Å². The molecule has 0 aromatic heterocycles. The molecule has 1 unspecified atom stereocenters. The van der Waals surface area contributed by atoms with Gasteiger partial charge >= 0.3 is 0 Å². The zero-order chi connectivity index (χ0) is 14.2. The number of unbranched alkanes of at least 4 members (excludes halogenated alkanes) is 1. The van der Waals surface area contributed by atoms with E-state index in [0.717, 1.165) is 0 Å². The van der Waals surface area contributed by atoms with Gasteiger partial charge in [0.05, 0.1) is 0 Å². The lowest BCUT2D eigenvalue weighted by Gasteiger charge is -2.34. The maximum atomic E-state index is 3.87. The highest BCUT2D eigenvalue weighted by Gasteiger charge is 2.21. The van der Waals surface area contributed by atoms with Gasteiger partial charge in [0.2, 0.25) is 0 Å². The Bertz CT molecular complexity index is 355. The average molecular weight is 274 g/mol. The van der Waals surface area contributed by atoms with Gasteiger partial charge in [-0.15, -0.1) is 0 Å². The molecule has 1 aliphatic rings. The Morgan fingerprint density at radius 2 is 1.85 bits per heavy atom. The fourth-order valence-corrected chi connectivity index (χ4v) is 3.12. The monoisotopic (exact) mass is 274 g/mol. The number of piperidine rings is 1. The van der Waals surface area contributed by atoms with Gasteiger partial charge < -0.3 is 10.2 Å². The number of likely N-dealkylation sites (tertiary alicyclic amines) is 1. The normalized spacial score (nSPS) is 19.1. The average Bonchev–Trinajstić information content (AvgIpc) is 2.52. The first-order chi connectivity index (χ1) is 9.83. The maximum absolute atomic E-state index is 3.87. The van der Waals surface area contributed by atoms with Gasteiger partial charge in [-0.2, -0.15) is 0 Å². The molecule has 2 rings (SSSR count). The van der Waals surface area contributed by atoms with Gasteiger partial charge in [0.25, 0.3) is 0 Å². The van der Waals surface area contributed by atoms with Gasteiger partial charge in [-0.3, -0.25) is 0 Å². The highest BCUT2D eigenvalue weighted by Crippen LogP contribution is 2.20. The molecule has 0 aliphatic carbocycles. The quantitative estimate of drug-likeness (QED) is 0.808. The van der Waals surface area contributed by atoms with Crippen LogP contribution >= 0.6 is 0 Å². The lowest BCUT2D eigenvalue weighted by atomic mass is 9.99. The number of hydrogen-bond acceptors (Lipinski definition) is 2. The molecule has 0 radical (unpaired) electrons. The van der Waals surface area contributed by atoms with Crippen molar-refractivity contribution < 1.29 is 0 Å². The first kappa shape index (κ1) is 15.5. The van der Waals surface area contributed by atoms with Crippen LogP contribution in [0.25, 0.3) is 0 Å². The van der Waals surface area contributed by atoms with Crippen LogP contribution < -0.4 is 5.32 Å². The van der Waals surface area contributed by atoms with Crippen LogP contribution in [0.1, 0.15) is 57.6 Å². The molecule has 0 bridgehead atoms. The van der Waals surface area contributed by atoms with Gasteiger partial charge in [-0.05, 0) is 50.9 Å². The molecule has 0 spiro atoms. The summed E-state index contributed by atoms with van der Waals surface area (Å²) in [7, 11) is 0. The van der Waals surface area contributed by atoms with Crippen LogP contribution in [-0.4, -0.2) is 30.6 Å². The fourth-order valence-electron chi connectivity index (χ4n) is 3.12. The largest absolute Gasteiger partial charge is 0.307 e. The minimum absolute atomic E-state index is 0.517. The van der Waals surface area contributed by atoms with Crippen molar-refractivity contribution in [3.05, 3.63) is 35.9 Å². The topological polar surface area (TPSA) is 15.3 Å². The summed E-state index contributed by atoms with van der Waals surface area (Å²) in [5.74, 6) is 0. The van der Waals surface area contributed by atoms with E-state index in [9.17, 15) is 0 Å². The molecule has 1 aliphatic heterocycles. The van der Waals surface area contributed by atoms with E-state index in [1.165, 1.54) is 57.3 Å². The summed E-state index contributed by atoms with van der Waals surface area (Å²) < 4.78 is 0. The minimum Gasteiger partial charge on any atom is -0.307 e. The van der Waals surface area contributed by atoms with E-state index in [1.807, 2.05) is 0 Å². The second-order valence-electron chi connectivity index (χ2n) is 6.01. The molecule has 1 heterocycles. The smallest absolute Gasteiger partial charge is 0.0320 e. The van der Waals surface area contributed by atoms with E-state index in [1.54, 1.807) is 0 Å². The van der Waals surface area contributed by atoms with Crippen LogP contribution in [0.3, 0.4) is 0 Å². The van der Waals surface area contributed by atoms with E-state index in [4.69, 9.17) is 0 Å². The molecule has 2 heteroatoms. The lowest BCUT2D eigenvalue weighted by molar-refractivity contribution is 0.188. The Morgan fingerprint density at radius 1 is 1.15 bits per heavy atom. The Kier molecular flexibility index (Phi) is 6.55. The summed E-state index contributed by atoms with van der Waals surface area (Å²) in [5, 5.41) is 3.87. The molecular weight excluding hydrogens is 244 g/mol. The van der Waals surface area contributed by atoms with Crippen LogP contribution in [0.5, 0.6) is 0 Å². The first-order valence-corrected chi connectivity index (χ1v) is 8.36. The second kappa shape index (κ2) is 8.43. The standard InChI is InChI=1S/C18H30N2/c1-3-5-13-20-14-11-17(12-15-20)19-18(4-2)16-9-7-6-8-10-16/h6-10,17-19H,3-5,11-15H2,1-2H3. The van der Waals surface area contributed by atoms with Crippen molar-refractivity contribution in [2.75, 3.05) is 19.6 Å². The van der Waals surface area contributed by atoms with Crippen molar-refractivity contribution in [3.63, 3.8) is 0 Å². The zero-order valence-electron chi connectivity index (χ0n) is 13.1. The third-order valence-corrected chi connectivity index (χ3v) is 4.46. The van der Waals surface area contributed by atoms with Crippen LogP contribution in [0.4, 0.5) is 0 Å². The molecule has 2 nitrogen and oxygen atoms in total. The predicted octanol–water partition coefficient (Wildman–Crippen LogP) is 3.99. The van der Waals surface area contributed by atoms with Crippen molar-refractivity contribution in [2.45, 2.75) is 58.0 Å². The van der Waals surface area contributed by atoms with Crippen LogP contribution in [0.15, 0.2) is 30.3 Å². The van der Waals surface area contributed by atoms with Crippen LogP contribution in [0, 0.1) is 0 Å². The van der Waals surface area contributed by atoms with Crippen molar-refractivity contribution in [3.8, 4) is 0 Å². The fraction of sp³-hybridized carbons (Fsp3) is 0.667. The SMILES string of the molecule is CCCCN1CCC(NC(CC)c2ccccc2)CC1. The van der Waals surface area contributed by atoms with Crippen molar-refractivity contribution in [1.29, 1.82) is 0 Å². The predicted molar refractivity (Wildman–Crippen MR) is 87.0 cm³/mol. The molecule has 1 aromatic rings. The van der Waals surface area contributed by atoms with E-state index < -0.39 is 0 Å². The first-order valence-electron chi connectivity index (χ1n) is 8.36. The molecule has 1 N–H and O–H groups in total. The number of nitrogens with one attached hydrogen (secondary N) is 1. The minimum atomic E-state index is 0.517. The van der Waals surface area contributed by atoms with Crippen molar-refractivity contribution >= 4 is 0 Å². The summed E-state index contributed by atoms with van der Waals surface area (Å²) in [6.45, 7) is 8.38. The third kappa shape index (κ3) is 4.60. The Hall–Kier alpha value is -0.860. The molecular formula is C18H30N2. The van der Waals surface area contributed by atoms with E-state index in [0.29, 0.717) is 12.1 Å². The zero-order valence-corrected chi connectivity index (χ0v) is 13.1. The number of benzene rings is 1. The van der Waals surface area contributed by atoms with Crippen molar-refractivity contribution in [2.24, 2.45) is 0 Å². The summed E-state index contributed by atoms with van der Waals surface area (Å²) in [6, 6.07) is 12.1. The summed E-state index contributed by atoms with van der Waals surface area (Å²) in [4.78, 5) is 2.63. The van der Waals surface area contributed by atoms with Crippen molar-refractivity contribution in [1.82, 2.24) is 10.2 Å². The maximum Gasteiger partial charge on any atom is 0.0320 e. The lowest BCUT2D eigenvalue weighted by Crippen LogP contribution is -2.43. The highest BCUT2D eigenvalue weighted by molar-refractivity contribution is 5.18. The molecule has 1 fully saturated rings. The number of rotatable bonds is 7. The molecule has 1 aromatic carbocycles. The molecule has 0 saturated carbocycles. The Morgan fingerprint density at radius 3 is 2.45 bits per heavy atom. The van der Waals surface area contributed by atoms with Crippen LogP contribution in [0.2, 0.25) is 0 Å². The summed E-state index contributed by atoms with van der Waals surface area (Å²) >= 11 is 0. The number of hydrogen-bond donors (Lipinski definition) is 1. The number of nitrogens with zero attached hydrogens (tertiary/aromatic N) is 1. The van der Waals surface area contributed by atoms with Gasteiger partial charge in [0.1, 0.15) is 0 Å². The third-order valence-electron chi connectivity index (χ3n) is 4.46. The van der Waals surface area contributed by atoms with E-state index in [2.05, 4.69) is 54.4 Å². The van der Waals surface area contributed by atoms with Gasteiger partial charge in [0.15, 0.2) is 0 Å². The van der Waals surface area contributed by atoms with Gasteiger partial charge in [0, 0.05) is 12.1 Å².